The monoisotopic (exact) mass is 180 g/mol. The maximum Gasteiger partial charge on any atom is 0.307 e. The molecule has 0 spiro atoms. The van der Waals surface area contributed by atoms with Crippen molar-refractivity contribution >= 4 is 5.97 Å². The fraction of sp³-hybridized carbons (Fsp3) is 0.556. The van der Waals surface area contributed by atoms with E-state index in [1.54, 1.807) is 12.4 Å². The molecule has 2 N–H and O–H groups in total. The number of hydrogen-bond acceptors (Lipinski definition) is 2. The number of H-pyrrole nitrogens is 1. The number of aromatic amines is 1. The Hall–Kier alpha value is -1.32. The highest BCUT2D eigenvalue weighted by Gasteiger charge is 2.64. The molecule has 1 aliphatic carbocycles. The molecule has 0 unspecified atom stereocenters. The van der Waals surface area contributed by atoms with E-state index in [9.17, 15) is 4.79 Å². The lowest BCUT2D eigenvalue weighted by atomic mass is 10.1. The van der Waals surface area contributed by atoms with E-state index < -0.39 is 5.97 Å². The Bertz CT molecular complexity index is 329. The summed E-state index contributed by atoms with van der Waals surface area (Å²) in [5.41, 5.74) is -0.163. The average molecular weight is 180 g/mol. The smallest absolute Gasteiger partial charge is 0.307 e. The molecule has 0 radical (unpaired) electrons. The molecule has 1 aromatic rings. The van der Waals surface area contributed by atoms with Crippen LogP contribution in [0, 0.1) is 11.3 Å². The Morgan fingerprint density at radius 3 is 2.77 bits per heavy atom. The molecule has 0 amide bonds. The number of imidazole rings is 1. The summed E-state index contributed by atoms with van der Waals surface area (Å²) in [7, 11) is 0. The first kappa shape index (κ1) is 8.29. The largest absolute Gasteiger partial charge is 0.481 e. The number of nitrogens with zero attached hydrogens (tertiary/aromatic N) is 1. The zero-order valence-corrected chi connectivity index (χ0v) is 7.61. The summed E-state index contributed by atoms with van der Waals surface area (Å²) in [6.45, 7) is 3.91. The number of aromatic nitrogens is 2. The molecule has 1 fully saturated rings. The van der Waals surface area contributed by atoms with Crippen LogP contribution in [0.1, 0.15) is 25.6 Å². The summed E-state index contributed by atoms with van der Waals surface area (Å²) in [5.74, 6) is -0.192. The molecule has 4 heteroatoms. The van der Waals surface area contributed by atoms with E-state index in [1.165, 1.54) is 0 Å². The SMILES string of the molecule is CC1(C)[C@H](C(=O)O)[C@H]1c1ncc[nH]1. The lowest BCUT2D eigenvalue weighted by Gasteiger charge is -1.97. The van der Waals surface area contributed by atoms with Crippen molar-refractivity contribution in [3.8, 4) is 0 Å². The van der Waals surface area contributed by atoms with Gasteiger partial charge in [-0.25, -0.2) is 4.98 Å². The van der Waals surface area contributed by atoms with Crippen LogP contribution in [0.25, 0.3) is 0 Å². The summed E-state index contributed by atoms with van der Waals surface area (Å²) in [6, 6.07) is 0. The summed E-state index contributed by atoms with van der Waals surface area (Å²) in [4.78, 5) is 17.9. The lowest BCUT2D eigenvalue weighted by molar-refractivity contribution is -0.139. The van der Waals surface area contributed by atoms with Gasteiger partial charge in [0.25, 0.3) is 0 Å². The number of carbonyl (C=O) groups is 1. The predicted molar refractivity (Wildman–Crippen MR) is 46.2 cm³/mol. The number of carboxylic acid groups (broad SMARTS) is 1. The Morgan fingerprint density at radius 1 is 1.69 bits per heavy atom. The van der Waals surface area contributed by atoms with Gasteiger partial charge in [0.05, 0.1) is 5.92 Å². The van der Waals surface area contributed by atoms with E-state index in [-0.39, 0.29) is 17.3 Å². The predicted octanol–water partition coefficient (Wildman–Crippen LogP) is 1.23. The molecule has 2 atom stereocenters. The Morgan fingerprint density at radius 2 is 2.38 bits per heavy atom. The molecule has 2 rings (SSSR count). The lowest BCUT2D eigenvalue weighted by Crippen LogP contribution is -2.03. The molecular weight excluding hydrogens is 168 g/mol. The summed E-state index contributed by atoms with van der Waals surface area (Å²) < 4.78 is 0. The van der Waals surface area contributed by atoms with Crippen molar-refractivity contribution in [1.82, 2.24) is 9.97 Å². The Labute approximate surface area is 76.0 Å². The zero-order valence-electron chi connectivity index (χ0n) is 7.61. The minimum Gasteiger partial charge on any atom is -0.481 e. The van der Waals surface area contributed by atoms with Gasteiger partial charge in [0, 0.05) is 18.3 Å². The first-order valence-electron chi connectivity index (χ1n) is 4.27. The molecule has 1 aromatic heterocycles. The van der Waals surface area contributed by atoms with Crippen molar-refractivity contribution in [3.05, 3.63) is 18.2 Å². The van der Waals surface area contributed by atoms with Gasteiger partial charge in [-0.3, -0.25) is 4.79 Å². The number of aliphatic carboxylic acids is 1. The fourth-order valence-corrected chi connectivity index (χ4v) is 2.06. The van der Waals surface area contributed by atoms with Gasteiger partial charge >= 0.3 is 5.97 Å². The van der Waals surface area contributed by atoms with Crippen LogP contribution in [0.3, 0.4) is 0 Å². The van der Waals surface area contributed by atoms with E-state index in [1.807, 2.05) is 13.8 Å². The number of rotatable bonds is 2. The van der Waals surface area contributed by atoms with Crippen LogP contribution in [0.15, 0.2) is 12.4 Å². The first-order chi connectivity index (χ1) is 6.05. The van der Waals surface area contributed by atoms with Gasteiger partial charge in [0.1, 0.15) is 5.82 Å². The maximum atomic E-state index is 10.8. The Kier molecular flexibility index (Phi) is 1.49. The van der Waals surface area contributed by atoms with Gasteiger partial charge in [-0.2, -0.15) is 0 Å². The number of nitrogens with one attached hydrogen (secondary N) is 1. The van der Waals surface area contributed by atoms with E-state index in [4.69, 9.17) is 5.11 Å². The molecule has 70 valence electrons. The first-order valence-corrected chi connectivity index (χ1v) is 4.27. The van der Waals surface area contributed by atoms with Gasteiger partial charge in [0.15, 0.2) is 0 Å². The minimum absolute atomic E-state index is 0.0417. The third-order valence-corrected chi connectivity index (χ3v) is 2.91. The highest BCUT2D eigenvalue weighted by Crippen LogP contribution is 2.63. The van der Waals surface area contributed by atoms with Crippen LogP contribution >= 0.6 is 0 Å². The number of carboxylic acids is 1. The quantitative estimate of drug-likeness (QED) is 0.719. The summed E-state index contributed by atoms with van der Waals surface area (Å²) in [6.07, 6.45) is 3.38. The average Bonchev–Trinajstić information content (AvgIpc) is 2.50. The van der Waals surface area contributed by atoms with Gasteiger partial charge < -0.3 is 10.1 Å². The van der Waals surface area contributed by atoms with E-state index in [0.717, 1.165) is 5.82 Å². The van der Waals surface area contributed by atoms with Crippen molar-refractivity contribution in [3.63, 3.8) is 0 Å². The molecule has 1 aliphatic rings. The molecule has 0 saturated heterocycles. The van der Waals surface area contributed by atoms with Gasteiger partial charge in [0.2, 0.25) is 0 Å². The topological polar surface area (TPSA) is 66.0 Å². The van der Waals surface area contributed by atoms with Crippen LogP contribution in [-0.2, 0) is 4.79 Å². The van der Waals surface area contributed by atoms with Crippen LogP contribution in [0.2, 0.25) is 0 Å². The molecule has 0 aliphatic heterocycles. The molecule has 13 heavy (non-hydrogen) atoms. The standard InChI is InChI=1S/C9H12N2O2/c1-9(2)5(6(9)8(12)13)7-10-3-4-11-7/h3-6H,1-2H3,(H,10,11)(H,12,13)/t5-,6-/m0/s1. The van der Waals surface area contributed by atoms with Crippen LogP contribution in [-0.4, -0.2) is 21.0 Å². The van der Waals surface area contributed by atoms with E-state index in [2.05, 4.69) is 9.97 Å². The summed E-state index contributed by atoms with van der Waals surface area (Å²) >= 11 is 0. The van der Waals surface area contributed by atoms with E-state index in [0.29, 0.717) is 0 Å². The molecule has 1 saturated carbocycles. The van der Waals surface area contributed by atoms with Crippen molar-refractivity contribution in [1.29, 1.82) is 0 Å². The third-order valence-electron chi connectivity index (χ3n) is 2.91. The number of hydrogen-bond donors (Lipinski definition) is 2. The van der Waals surface area contributed by atoms with Crippen molar-refractivity contribution in [2.75, 3.05) is 0 Å². The normalized spacial score (nSPS) is 30.0. The van der Waals surface area contributed by atoms with Crippen molar-refractivity contribution in [2.24, 2.45) is 11.3 Å². The summed E-state index contributed by atoms with van der Waals surface area (Å²) in [5, 5.41) is 8.92. The Balaban J connectivity index is 2.25. The van der Waals surface area contributed by atoms with Crippen LogP contribution in [0.4, 0.5) is 0 Å². The molecular formula is C9H12N2O2. The zero-order chi connectivity index (χ0) is 9.64. The highest BCUT2D eigenvalue weighted by atomic mass is 16.4. The van der Waals surface area contributed by atoms with Gasteiger partial charge in [-0.1, -0.05) is 13.8 Å². The maximum absolute atomic E-state index is 10.8. The second-order valence-electron chi connectivity index (χ2n) is 4.09. The molecule has 1 heterocycles. The van der Waals surface area contributed by atoms with Crippen LogP contribution < -0.4 is 0 Å². The van der Waals surface area contributed by atoms with Crippen molar-refractivity contribution < 1.29 is 9.90 Å². The van der Waals surface area contributed by atoms with Gasteiger partial charge in [-0.15, -0.1) is 0 Å². The van der Waals surface area contributed by atoms with Gasteiger partial charge in [-0.05, 0) is 5.41 Å². The second-order valence-corrected chi connectivity index (χ2v) is 4.09. The molecule has 0 aromatic carbocycles. The highest BCUT2D eigenvalue weighted by molar-refractivity contribution is 5.77. The molecule has 0 bridgehead atoms. The minimum atomic E-state index is -0.730. The van der Waals surface area contributed by atoms with Crippen molar-refractivity contribution in [2.45, 2.75) is 19.8 Å². The van der Waals surface area contributed by atoms with E-state index >= 15 is 0 Å². The van der Waals surface area contributed by atoms with Crippen LogP contribution in [0.5, 0.6) is 0 Å². The third kappa shape index (κ3) is 1.05. The fourth-order valence-electron chi connectivity index (χ4n) is 2.06. The molecule has 4 nitrogen and oxygen atoms in total. The second kappa shape index (κ2) is 2.34.